The molecular formula is C32H38F4N6O3S. The van der Waals surface area contributed by atoms with Gasteiger partial charge in [0.15, 0.2) is 0 Å². The maximum Gasteiger partial charge on any atom is 0.416 e. The van der Waals surface area contributed by atoms with Crippen LogP contribution in [0.3, 0.4) is 0 Å². The molecular weight excluding hydrogens is 624 g/mol. The molecule has 248 valence electrons. The molecule has 3 aromatic rings. The van der Waals surface area contributed by atoms with Gasteiger partial charge in [0.2, 0.25) is 21.9 Å². The van der Waals surface area contributed by atoms with E-state index in [0.717, 1.165) is 54.5 Å². The summed E-state index contributed by atoms with van der Waals surface area (Å²) in [5.41, 5.74) is 0.535. The Morgan fingerprint density at radius 2 is 1.61 bits per heavy atom. The first-order valence-corrected chi connectivity index (χ1v) is 16.9. The Morgan fingerprint density at radius 1 is 0.957 bits per heavy atom. The van der Waals surface area contributed by atoms with Crippen LogP contribution in [0.2, 0.25) is 0 Å². The number of benzene rings is 2. The second-order valence-electron chi connectivity index (χ2n) is 11.6. The van der Waals surface area contributed by atoms with E-state index in [4.69, 9.17) is 9.97 Å². The maximum absolute atomic E-state index is 13.4. The van der Waals surface area contributed by atoms with Gasteiger partial charge in [0.1, 0.15) is 11.9 Å². The predicted octanol–water partition coefficient (Wildman–Crippen LogP) is 5.08. The van der Waals surface area contributed by atoms with Gasteiger partial charge < -0.3 is 10.2 Å². The van der Waals surface area contributed by atoms with E-state index in [-0.39, 0.29) is 18.0 Å². The summed E-state index contributed by atoms with van der Waals surface area (Å²) >= 11 is 0. The van der Waals surface area contributed by atoms with Gasteiger partial charge in [-0.25, -0.2) is 22.8 Å². The van der Waals surface area contributed by atoms with Crippen molar-refractivity contribution < 1.29 is 30.8 Å². The molecule has 2 aromatic carbocycles. The van der Waals surface area contributed by atoms with Gasteiger partial charge in [-0.05, 0) is 68.1 Å². The highest BCUT2D eigenvalue weighted by Gasteiger charge is 2.39. The number of halogens is 4. The Morgan fingerprint density at radius 3 is 2.22 bits per heavy atom. The minimum absolute atomic E-state index is 0.0450. The summed E-state index contributed by atoms with van der Waals surface area (Å²) in [5, 5.41) is 2.81. The highest BCUT2D eigenvalue weighted by Crippen LogP contribution is 2.31. The minimum Gasteiger partial charge on any atom is -0.349 e. The van der Waals surface area contributed by atoms with E-state index in [1.165, 1.54) is 24.3 Å². The smallest absolute Gasteiger partial charge is 0.349 e. The third-order valence-corrected chi connectivity index (χ3v) is 10.6. The van der Waals surface area contributed by atoms with Crippen LogP contribution in [0.25, 0.3) is 11.3 Å². The lowest BCUT2D eigenvalue weighted by molar-refractivity contribution is -0.137. The normalized spacial score (nSPS) is 18.3. The second kappa shape index (κ2) is 14.0. The van der Waals surface area contributed by atoms with Gasteiger partial charge in [-0.2, -0.15) is 17.5 Å². The fraction of sp³-hybridized carbons (Fsp3) is 0.469. The van der Waals surface area contributed by atoms with Gasteiger partial charge >= 0.3 is 6.18 Å². The number of aromatic nitrogens is 2. The van der Waals surface area contributed by atoms with E-state index in [2.05, 4.69) is 24.1 Å². The molecule has 1 N–H and O–H groups in total. The molecule has 1 atom stereocenters. The van der Waals surface area contributed by atoms with E-state index in [9.17, 15) is 30.8 Å². The number of rotatable bonds is 10. The molecule has 0 bridgehead atoms. The van der Waals surface area contributed by atoms with Crippen LogP contribution < -0.4 is 10.2 Å². The van der Waals surface area contributed by atoms with Crippen molar-refractivity contribution in [3.63, 3.8) is 0 Å². The zero-order valence-corrected chi connectivity index (χ0v) is 26.6. The molecule has 3 heterocycles. The molecule has 5 rings (SSSR count). The second-order valence-corrected chi connectivity index (χ2v) is 13.4. The number of carbonyl (C=O) groups is 1. The first-order valence-electron chi connectivity index (χ1n) is 15.5. The van der Waals surface area contributed by atoms with E-state index in [1.807, 2.05) is 4.90 Å². The Bertz CT molecular complexity index is 1610. The Balaban J connectivity index is 1.36. The molecule has 1 unspecified atom stereocenters. The number of sulfonamides is 1. The van der Waals surface area contributed by atoms with Crippen molar-refractivity contribution in [3.8, 4) is 11.3 Å². The lowest BCUT2D eigenvalue weighted by Crippen LogP contribution is -2.50. The van der Waals surface area contributed by atoms with Crippen molar-refractivity contribution in [3.05, 3.63) is 71.7 Å². The van der Waals surface area contributed by atoms with E-state index in [1.54, 1.807) is 6.07 Å². The molecule has 1 aromatic heterocycles. The third-order valence-electron chi connectivity index (χ3n) is 8.70. The third kappa shape index (κ3) is 7.50. The van der Waals surface area contributed by atoms with Crippen molar-refractivity contribution in [2.45, 2.75) is 69.2 Å². The summed E-state index contributed by atoms with van der Waals surface area (Å²) in [7, 11) is -4.04. The van der Waals surface area contributed by atoms with Gasteiger partial charge in [0.05, 0.1) is 28.4 Å². The van der Waals surface area contributed by atoms with Crippen molar-refractivity contribution >= 4 is 21.9 Å². The topological polar surface area (TPSA) is 98.7 Å². The van der Waals surface area contributed by atoms with E-state index < -0.39 is 39.5 Å². The number of amides is 1. The molecule has 0 aliphatic carbocycles. The zero-order chi connectivity index (χ0) is 33.1. The van der Waals surface area contributed by atoms with Crippen molar-refractivity contribution in [2.24, 2.45) is 0 Å². The van der Waals surface area contributed by atoms with Gasteiger partial charge in [0.25, 0.3) is 0 Å². The quantitative estimate of drug-likeness (QED) is 0.303. The number of nitrogens with one attached hydrogen (secondary N) is 1. The summed E-state index contributed by atoms with van der Waals surface area (Å²) in [5.74, 6) is -0.659. The Labute approximate surface area is 266 Å². The maximum atomic E-state index is 13.4. The number of piperazine rings is 1. The SMILES string of the molecule is CCC(CC)N1CCN(c2nc(CNC(=O)C3CCCN3S(=O)(=O)c3ccc(F)cc3)cc(-c3ccc(C(F)(F)F)cc3)n2)CC1. The van der Waals surface area contributed by atoms with Gasteiger partial charge in [-0.15, -0.1) is 0 Å². The fourth-order valence-electron chi connectivity index (χ4n) is 6.11. The fourth-order valence-corrected chi connectivity index (χ4v) is 7.77. The number of hydrogen-bond acceptors (Lipinski definition) is 7. The van der Waals surface area contributed by atoms with Gasteiger partial charge in [0, 0.05) is 44.3 Å². The number of alkyl halides is 3. The number of hydrogen-bond donors (Lipinski definition) is 1. The first kappa shape index (κ1) is 33.7. The molecule has 2 aliphatic heterocycles. The van der Waals surface area contributed by atoms with Crippen LogP contribution in [0.5, 0.6) is 0 Å². The highest BCUT2D eigenvalue weighted by atomic mass is 32.2. The predicted molar refractivity (Wildman–Crippen MR) is 166 cm³/mol. The van der Waals surface area contributed by atoms with Crippen molar-refractivity contribution in [2.75, 3.05) is 37.6 Å². The molecule has 0 spiro atoms. The molecule has 0 radical (unpaired) electrons. The van der Waals surface area contributed by atoms with Gasteiger partial charge in [-0.3, -0.25) is 9.69 Å². The van der Waals surface area contributed by atoms with Crippen LogP contribution in [0.4, 0.5) is 23.5 Å². The molecule has 9 nitrogen and oxygen atoms in total. The van der Waals surface area contributed by atoms with Crippen LogP contribution in [0.1, 0.15) is 50.8 Å². The number of anilines is 1. The van der Waals surface area contributed by atoms with Crippen LogP contribution >= 0.6 is 0 Å². The van der Waals surface area contributed by atoms with E-state index in [0.29, 0.717) is 54.9 Å². The standard InChI is InChI=1S/C32H38F4N6O3S/c1-3-26(4-2)40-16-18-41(19-17-40)31-38-25(20-28(39-31)22-7-9-23(10-8-22)32(34,35)36)21-37-30(43)29-6-5-15-42(29)46(44,45)27-13-11-24(33)12-14-27/h7-14,20,26,29H,3-6,15-19,21H2,1-2H3,(H,37,43). The molecule has 1 amide bonds. The summed E-state index contributed by atoms with van der Waals surface area (Å²) in [6.07, 6.45) is -1.58. The van der Waals surface area contributed by atoms with Crippen LogP contribution in [0.15, 0.2) is 59.5 Å². The molecule has 0 saturated carbocycles. The van der Waals surface area contributed by atoms with Crippen LogP contribution in [-0.4, -0.2) is 78.3 Å². The summed E-state index contributed by atoms with van der Waals surface area (Å²) in [6.45, 7) is 7.39. The molecule has 2 saturated heterocycles. The van der Waals surface area contributed by atoms with E-state index >= 15 is 0 Å². The van der Waals surface area contributed by atoms with Crippen LogP contribution in [0, 0.1) is 5.82 Å². The zero-order valence-electron chi connectivity index (χ0n) is 25.8. The summed E-state index contributed by atoms with van der Waals surface area (Å²) in [6, 6.07) is 10.3. The van der Waals surface area contributed by atoms with Crippen molar-refractivity contribution in [1.82, 2.24) is 24.5 Å². The average molecular weight is 663 g/mol. The Hall–Kier alpha value is -3.62. The number of carbonyl (C=O) groups excluding carboxylic acids is 1. The summed E-state index contributed by atoms with van der Waals surface area (Å²) in [4.78, 5) is 27.1. The monoisotopic (exact) mass is 662 g/mol. The average Bonchev–Trinajstić information content (AvgIpc) is 3.56. The first-order chi connectivity index (χ1) is 21.9. The van der Waals surface area contributed by atoms with Gasteiger partial charge in [-0.1, -0.05) is 26.0 Å². The molecule has 2 aliphatic rings. The Kier molecular flexibility index (Phi) is 10.3. The largest absolute Gasteiger partial charge is 0.416 e. The minimum atomic E-state index is -4.47. The molecule has 14 heteroatoms. The van der Waals surface area contributed by atoms with Crippen molar-refractivity contribution in [1.29, 1.82) is 0 Å². The molecule has 46 heavy (non-hydrogen) atoms. The molecule has 2 fully saturated rings. The lowest BCUT2D eigenvalue weighted by atomic mass is 10.1. The highest BCUT2D eigenvalue weighted by molar-refractivity contribution is 7.89. The van der Waals surface area contributed by atoms with Crippen LogP contribution in [-0.2, 0) is 27.5 Å². The lowest BCUT2D eigenvalue weighted by Gasteiger charge is -2.39. The summed E-state index contributed by atoms with van der Waals surface area (Å²) < 4.78 is 80.7. The number of nitrogens with zero attached hydrogens (tertiary/aromatic N) is 5.